The molecule has 13 rings (SSSR count). The van der Waals surface area contributed by atoms with Crippen molar-refractivity contribution in [3.63, 3.8) is 0 Å². The summed E-state index contributed by atoms with van der Waals surface area (Å²) in [6.45, 7) is 23.9. The monoisotopic (exact) mass is 1200 g/mol. The Morgan fingerprint density at radius 3 is 1.62 bits per heavy atom. The number of aromatic nitrogens is 9. The van der Waals surface area contributed by atoms with Crippen molar-refractivity contribution in [1.82, 2.24) is 44.5 Å². The van der Waals surface area contributed by atoms with Crippen LogP contribution in [0.3, 0.4) is 0 Å². The predicted octanol–water partition coefficient (Wildman–Crippen LogP) is 14.1. The molecule has 0 spiro atoms. The Bertz CT molecular complexity index is 3550. The maximum absolute atomic E-state index is 6.01. The summed E-state index contributed by atoms with van der Waals surface area (Å²) in [6, 6.07) is 16.6. The molecule has 22 heteroatoms. The van der Waals surface area contributed by atoms with Gasteiger partial charge in [0.2, 0.25) is 0 Å². The first kappa shape index (κ1) is 56.2. The minimum Gasteiger partial charge on any atom is -0.384 e. The van der Waals surface area contributed by atoms with Crippen LogP contribution in [0.5, 0.6) is 0 Å². The van der Waals surface area contributed by atoms with Gasteiger partial charge in [0.05, 0.1) is 113 Å². The fourth-order valence-electron chi connectivity index (χ4n) is 10.0. The lowest BCUT2D eigenvalue weighted by molar-refractivity contribution is -0.0924. The highest BCUT2D eigenvalue weighted by molar-refractivity contribution is 9.10. The molecule has 2 atom stereocenters. The molecule has 4 fully saturated rings. The van der Waals surface area contributed by atoms with Gasteiger partial charge in [0.15, 0.2) is 12.5 Å². The van der Waals surface area contributed by atoms with E-state index < -0.39 is 0 Å². The van der Waals surface area contributed by atoms with Crippen molar-refractivity contribution in [3.8, 4) is 31.7 Å². The number of imidazole rings is 1. The van der Waals surface area contributed by atoms with Gasteiger partial charge in [-0.2, -0.15) is 10.2 Å². The Balaban J connectivity index is 0.000000129. The number of H-pyrrole nitrogens is 1. The standard InChI is InChI=1S/C24H33N5O2S.C19H23BrN4OS.C15H17N5OS/c1-23(2,3)28-20-12-16(25-13-24(4)14-30-15-24)22-17(27-20)11-19(32-22)18-8-9-26-29(18)21-7-5-6-10-31-21;1-19(2,3)23-16-10-12(20)18-13(22-16)11-15(26-18)14-7-8-21-24(14)17-6-4-5-9-25-17;1-15(6-21-7-15)5-18-9-3-13(16)20-10-2-12(22-14(9)10)11-4-17-8-19-11/h8-9,11-12,21H,5-7,10,13-15H2,1-4H3,(H2,25,27,28);7-8,10-11,17H,4-6,9H2,1-3H3,(H,22,23);2-4,8H,5-7H2,1H3,(H,17,19)(H3,16,18,20). The van der Waals surface area contributed by atoms with E-state index in [9.17, 15) is 0 Å². The Morgan fingerprint density at radius 1 is 0.650 bits per heavy atom. The molecule has 0 saturated carbocycles. The van der Waals surface area contributed by atoms with E-state index in [0.29, 0.717) is 5.82 Å². The Kier molecular flexibility index (Phi) is 16.3. The van der Waals surface area contributed by atoms with E-state index in [1.165, 1.54) is 17.5 Å². The van der Waals surface area contributed by atoms with Crippen molar-refractivity contribution in [2.75, 3.05) is 79.7 Å². The van der Waals surface area contributed by atoms with Crippen LogP contribution >= 0.6 is 49.9 Å². The molecule has 4 aliphatic rings. The molecule has 4 saturated heterocycles. The molecule has 13 heterocycles. The van der Waals surface area contributed by atoms with Crippen LogP contribution in [0.25, 0.3) is 62.4 Å². The minimum absolute atomic E-state index is 0.0150. The van der Waals surface area contributed by atoms with E-state index in [0.717, 1.165) is 164 Å². The number of thiophene rings is 3. The number of ether oxygens (including phenoxy) is 4. The predicted molar refractivity (Wildman–Crippen MR) is 330 cm³/mol. The highest BCUT2D eigenvalue weighted by Gasteiger charge is 2.35. The molecule has 9 aromatic rings. The number of pyridine rings is 3. The summed E-state index contributed by atoms with van der Waals surface area (Å²) >= 11 is 8.89. The second kappa shape index (κ2) is 23.3. The fraction of sp³-hybridized carbons (Fsp3) is 0.483. The summed E-state index contributed by atoms with van der Waals surface area (Å²) in [5.74, 6) is 2.29. The third-order valence-electron chi connectivity index (χ3n) is 14.1. The maximum Gasteiger partial charge on any atom is 0.150 e. The summed E-state index contributed by atoms with van der Waals surface area (Å²) in [6.07, 6.45) is 13.9. The lowest BCUT2D eigenvalue weighted by Crippen LogP contribution is -2.45. The Labute approximate surface area is 487 Å². The zero-order valence-corrected chi connectivity index (χ0v) is 50.9. The van der Waals surface area contributed by atoms with Crippen LogP contribution in [0, 0.1) is 10.8 Å². The first-order valence-corrected chi connectivity index (χ1v) is 30.8. The third kappa shape index (κ3) is 13.1. The van der Waals surface area contributed by atoms with E-state index in [1.54, 1.807) is 40.3 Å². The maximum atomic E-state index is 6.01. The van der Waals surface area contributed by atoms with E-state index in [1.807, 2.05) is 40.1 Å². The van der Waals surface area contributed by atoms with Crippen molar-refractivity contribution < 1.29 is 18.9 Å². The Hall–Kier alpha value is -5.72. The zero-order valence-electron chi connectivity index (χ0n) is 46.9. The number of halogens is 1. The SMILES string of the molecule is CC(C)(C)Nc1cc(Br)c2sc(-c3ccnn3C3CCCCO3)cc2n1.CC1(CNc2cc(N)nc3cc(-c4cnc[nH]4)sc23)COC1.CC1(CNc2cc(NC(C)(C)C)nc3cc(-c4ccnn4C4CCCCO4)sc23)COC1. The van der Waals surface area contributed by atoms with Crippen LogP contribution < -0.4 is 27.0 Å². The number of rotatable bonds is 13. The van der Waals surface area contributed by atoms with Crippen molar-refractivity contribution in [2.24, 2.45) is 10.8 Å². The average Bonchev–Trinajstić information content (AvgIpc) is 4.30. The minimum atomic E-state index is -0.0679. The van der Waals surface area contributed by atoms with Gasteiger partial charge in [-0.25, -0.2) is 29.3 Å². The van der Waals surface area contributed by atoms with Gasteiger partial charge in [0, 0.05) is 77.2 Å². The molecule has 424 valence electrons. The van der Waals surface area contributed by atoms with Crippen LogP contribution in [0.1, 0.15) is 106 Å². The molecule has 80 heavy (non-hydrogen) atoms. The van der Waals surface area contributed by atoms with Crippen LogP contribution in [-0.4, -0.2) is 108 Å². The molecule has 0 radical (unpaired) electrons. The van der Waals surface area contributed by atoms with Crippen molar-refractivity contribution in [3.05, 3.63) is 77.9 Å². The number of nitrogen functional groups attached to an aromatic ring is 1. The highest BCUT2D eigenvalue weighted by Crippen LogP contribution is 2.43. The van der Waals surface area contributed by atoms with Gasteiger partial charge in [0.1, 0.15) is 17.5 Å². The molecule has 0 aromatic carbocycles. The van der Waals surface area contributed by atoms with E-state index in [4.69, 9.17) is 34.6 Å². The lowest BCUT2D eigenvalue weighted by Gasteiger charge is -2.38. The number of hydrogen-bond acceptors (Lipinski definition) is 18. The highest BCUT2D eigenvalue weighted by atomic mass is 79.9. The molecular formula is C58H73BrN14O4S3. The molecule has 2 unspecified atom stereocenters. The topological polar surface area (TPSA) is 214 Å². The van der Waals surface area contributed by atoms with Crippen molar-refractivity contribution >= 4 is 109 Å². The van der Waals surface area contributed by atoms with Crippen molar-refractivity contribution in [1.29, 1.82) is 0 Å². The van der Waals surface area contributed by atoms with Gasteiger partial charge in [-0.05, 0) is 132 Å². The largest absolute Gasteiger partial charge is 0.384 e. The number of anilines is 5. The van der Waals surface area contributed by atoms with Gasteiger partial charge in [-0.15, -0.1) is 34.0 Å². The summed E-state index contributed by atoms with van der Waals surface area (Å²) < 4.78 is 31.2. The first-order chi connectivity index (χ1) is 38.3. The second-order valence-electron chi connectivity index (χ2n) is 24.1. The number of nitrogens with one attached hydrogen (secondary N) is 5. The molecule has 0 amide bonds. The van der Waals surface area contributed by atoms with Gasteiger partial charge in [-0.3, -0.25) is 0 Å². The zero-order chi connectivity index (χ0) is 55.8. The van der Waals surface area contributed by atoms with Gasteiger partial charge in [0.25, 0.3) is 0 Å². The lowest BCUT2D eigenvalue weighted by atomic mass is 9.88. The average molecular weight is 1210 g/mol. The molecule has 0 aliphatic carbocycles. The first-order valence-electron chi connectivity index (χ1n) is 27.6. The van der Waals surface area contributed by atoms with Gasteiger partial charge in [-0.1, -0.05) is 13.8 Å². The third-order valence-corrected chi connectivity index (χ3v) is 18.5. The van der Waals surface area contributed by atoms with Crippen LogP contribution in [0.2, 0.25) is 0 Å². The molecule has 0 bridgehead atoms. The fourth-order valence-corrected chi connectivity index (χ4v) is 13.9. The van der Waals surface area contributed by atoms with E-state index >= 15 is 0 Å². The van der Waals surface area contributed by atoms with E-state index in [-0.39, 0.29) is 34.4 Å². The van der Waals surface area contributed by atoms with Gasteiger partial charge < -0.3 is 50.9 Å². The van der Waals surface area contributed by atoms with E-state index in [2.05, 4.69) is 154 Å². The van der Waals surface area contributed by atoms with Crippen LogP contribution in [-0.2, 0) is 18.9 Å². The second-order valence-corrected chi connectivity index (χ2v) is 28.1. The molecule has 4 aliphatic heterocycles. The molecule has 7 N–H and O–H groups in total. The molecule has 9 aromatic heterocycles. The molecular weight excluding hydrogens is 1130 g/mol. The van der Waals surface area contributed by atoms with Crippen molar-refractivity contribution in [2.45, 2.75) is 117 Å². The Morgan fingerprint density at radius 2 is 1.14 bits per heavy atom. The number of nitrogens with two attached hydrogens (primary N) is 1. The number of nitrogens with zero attached hydrogens (tertiary/aromatic N) is 8. The summed E-state index contributed by atoms with van der Waals surface area (Å²) in [7, 11) is 0. The summed E-state index contributed by atoms with van der Waals surface area (Å²) in [5, 5.41) is 23.3. The molecule has 18 nitrogen and oxygen atoms in total. The van der Waals surface area contributed by atoms with Crippen LogP contribution in [0.4, 0.5) is 28.8 Å². The quantitative estimate of drug-likeness (QED) is 0.0633. The summed E-state index contributed by atoms with van der Waals surface area (Å²) in [5.41, 5.74) is 14.5. The summed E-state index contributed by atoms with van der Waals surface area (Å²) in [4.78, 5) is 24.8. The van der Waals surface area contributed by atoms with Gasteiger partial charge >= 0.3 is 0 Å². The number of hydrogen-bond donors (Lipinski definition) is 6. The van der Waals surface area contributed by atoms with Crippen LogP contribution in [0.15, 0.2) is 77.9 Å². The smallest absolute Gasteiger partial charge is 0.150 e. The number of aromatic amines is 1. The number of fused-ring (bicyclic) bond motifs is 3. The normalized spacial score (nSPS) is 18.9.